The van der Waals surface area contributed by atoms with Crippen molar-refractivity contribution in [3.63, 3.8) is 0 Å². The molecule has 87 heavy (non-hydrogen) atoms. The summed E-state index contributed by atoms with van der Waals surface area (Å²) in [5, 5.41) is 9.74. The number of carboxylic acid groups (broad SMARTS) is 1. The number of hydrogen-bond acceptors (Lipinski definition) is 7. The van der Waals surface area contributed by atoms with E-state index >= 15 is 0 Å². The molecule has 2 atom stereocenters. The van der Waals surface area contributed by atoms with E-state index in [2.05, 4.69) is 98.9 Å². The van der Waals surface area contributed by atoms with Crippen molar-refractivity contribution < 1.29 is 42.9 Å². The van der Waals surface area contributed by atoms with E-state index in [0.717, 1.165) is 89.9 Å². The van der Waals surface area contributed by atoms with Crippen LogP contribution in [-0.4, -0.2) is 87.4 Å². The van der Waals surface area contributed by atoms with Gasteiger partial charge in [-0.3, -0.25) is 9.59 Å². The van der Waals surface area contributed by atoms with Crippen LogP contribution in [0.5, 0.6) is 0 Å². The second kappa shape index (κ2) is 68.4. The molecule has 0 spiro atoms. The summed E-state index contributed by atoms with van der Waals surface area (Å²) in [4.78, 5) is 37.6. The normalized spacial score (nSPS) is 13.2. The van der Waals surface area contributed by atoms with Crippen LogP contribution in [0.3, 0.4) is 0 Å². The zero-order valence-electron chi connectivity index (χ0n) is 57.7. The molecule has 0 aromatic heterocycles. The third-order valence-electron chi connectivity index (χ3n) is 16.1. The number of carboxylic acids is 1. The number of hydrogen-bond donors (Lipinski definition) is 1. The average molecular weight is 1220 g/mol. The minimum absolute atomic E-state index is 0.185. The number of ether oxygens (including phenoxy) is 4. The summed E-state index contributed by atoms with van der Waals surface area (Å²) in [6.45, 7) is 4.77. The molecule has 0 heterocycles. The van der Waals surface area contributed by atoms with Crippen molar-refractivity contribution in [3.05, 3.63) is 85.1 Å². The molecule has 504 valence electrons. The standard InChI is InChI=1S/C78H139NO8/c1-6-8-10-12-14-16-18-20-22-24-26-28-29-30-31-32-33-34-35-36-37-38-39-40-41-42-43-44-45-46-47-49-51-53-55-57-59-61-63-65-67-69-76(81)87-74(73-86-78(77(82)83)84-71-70-79(3,4)5)72-85-75(80)68-66-64-62-60-58-56-54-52-50-48-27-25-23-21-19-17-15-13-11-9-7-2/h8,10,14,16,19-22,25-28,50,52,74,78H,6-7,9,11-13,15,17-18,23-24,29-49,51,53-73H2,1-5H3/p+1/b10-8-,16-14-,21-19-,22-20-,27-25-,28-26-,52-50-. The molecule has 9 nitrogen and oxygen atoms in total. The number of unbranched alkanes of at least 4 members (excludes halogenated alkanes) is 39. The number of aliphatic carboxylic acids is 1. The third-order valence-corrected chi connectivity index (χ3v) is 16.1. The largest absolute Gasteiger partial charge is 0.477 e. The fourth-order valence-electron chi connectivity index (χ4n) is 10.5. The molecular formula is C78H140NO8+. The van der Waals surface area contributed by atoms with Crippen LogP contribution in [0, 0.1) is 0 Å². The first-order chi connectivity index (χ1) is 42.6. The molecule has 0 aliphatic rings. The van der Waals surface area contributed by atoms with E-state index in [1.54, 1.807) is 0 Å². The Morgan fingerprint density at radius 2 is 0.655 bits per heavy atom. The van der Waals surface area contributed by atoms with Gasteiger partial charge in [0.15, 0.2) is 6.10 Å². The third kappa shape index (κ3) is 69.8. The average Bonchev–Trinajstić information content (AvgIpc) is 3.59. The predicted octanol–water partition coefficient (Wildman–Crippen LogP) is 23.0. The second-order valence-electron chi connectivity index (χ2n) is 25.9. The SMILES string of the molecule is CC/C=C\C/C=C\C/C=C\C/C=C\CCCCCCCCCCCCCCCCCCCCCCCCCCCCCCC(=O)OC(COC(=O)CCCCCCCC/C=C\C/C=C\C/C=C\CCCCCCC)COC(OCC[N+](C)(C)C)C(=O)O. The van der Waals surface area contributed by atoms with Crippen LogP contribution in [-0.2, 0) is 33.3 Å². The minimum Gasteiger partial charge on any atom is -0.477 e. The van der Waals surface area contributed by atoms with Gasteiger partial charge < -0.3 is 28.5 Å². The lowest BCUT2D eigenvalue weighted by Gasteiger charge is -2.25. The highest BCUT2D eigenvalue weighted by Gasteiger charge is 2.25. The lowest BCUT2D eigenvalue weighted by molar-refractivity contribution is -0.870. The smallest absolute Gasteiger partial charge is 0.361 e. The summed E-state index contributed by atoms with van der Waals surface area (Å²) in [5.74, 6) is -2.01. The van der Waals surface area contributed by atoms with Gasteiger partial charge in [-0.15, -0.1) is 0 Å². The number of esters is 2. The Hall–Kier alpha value is -3.53. The van der Waals surface area contributed by atoms with Crippen molar-refractivity contribution in [2.75, 3.05) is 47.5 Å². The predicted molar refractivity (Wildman–Crippen MR) is 373 cm³/mol. The number of rotatable bonds is 68. The maximum atomic E-state index is 12.9. The number of carbonyl (C=O) groups excluding carboxylic acids is 2. The Balaban J connectivity index is 3.98. The van der Waals surface area contributed by atoms with Crippen molar-refractivity contribution in [2.45, 2.75) is 347 Å². The van der Waals surface area contributed by atoms with Crippen molar-refractivity contribution in [1.82, 2.24) is 0 Å². The van der Waals surface area contributed by atoms with Crippen LogP contribution in [0.2, 0.25) is 0 Å². The van der Waals surface area contributed by atoms with E-state index in [4.69, 9.17) is 18.9 Å². The molecule has 0 aromatic rings. The summed E-state index contributed by atoms with van der Waals surface area (Å²) in [6.07, 6.45) is 90.1. The maximum absolute atomic E-state index is 12.9. The zero-order valence-corrected chi connectivity index (χ0v) is 57.7. The monoisotopic (exact) mass is 1220 g/mol. The van der Waals surface area contributed by atoms with E-state index in [1.165, 1.54) is 218 Å². The fourth-order valence-corrected chi connectivity index (χ4v) is 10.5. The molecule has 0 fully saturated rings. The van der Waals surface area contributed by atoms with Crippen LogP contribution >= 0.6 is 0 Å². The van der Waals surface area contributed by atoms with E-state index in [9.17, 15) is 19.5 Å². The van der Waals surface area contributed by atoms with Crippen molar-refractivity contribution >= 4 is 17.9 Å². The topological polar surface area (TPSA) is 108 Å². The molecule has 0 saturated carbocycles. The number of quaternary nitrogens is 1. The quantitative estimate of drug-likeness (QED) is 0.0211. The number of allylic oxidation sites excluding steroid dienone is 14. The van der Waals surface area contributed by atoms with Crippen molar-refractivity contribution in [3.8, 4) is 0 Å². The van der Waals surface area contributed by atoms with Gasteiger partial charge in [0, 0.05) is 12.8 Å². The molecule has 1 N–H and O–H groups in total. The van der Waals surface area contributed by atoms with Gasteiger partial charge in [0.25, 0.3) is 6.29 Å². The molecule has 0 radical (unpaired) electrons. The molecule has 0 aliphatic carbocycles. The number of likely N-dealkylation sites (N-methyl/N-ethyl adjacent to an activating group) is 1. The molecule has 0 aliphatic heterocycles. The lowest BCUT2D eigenvalue weighted by atomic mass is 10.0. The fraction of sp³-hybridized carbons (Fsp3) is 0.782. The lowest BCUT2D eigenvalue weighted by Crippen LogP contribution is -2.40. The van der Waals surface area contributed by atoms with Gasteiger partial charge in [-0.1, -0.05) is 317 Å². The van der Waals surface area contributed by atoms with E-state index < -0.39 is 24.3 Å². The first kappa shape index (κ1) is 83.5. The van der Waals surface area contributed by atoms with Gasteiger partial charge in [0.05, 0.1) is 34.4 Å². The highest BCUT2D eigenvalue weighted by molar-refractivity contribution is 5.71. The Kier molecular flexibility index (Phi) is 65.6. The van der Waals surface area contributed by atoms with Gasteiger partial charge in [-0.25, -0.2) is 4.79 Å². The molecule has 9 heteroatoms. The van der Waals surface area contributed by atoms with E-state index in [0.29, 0.717) is 11.0 Å². The van der Waals surface area contributed by atoms with Gasteiger partial charge >= 0.3 is 17.9 Å². The van der Waals surface area contributed by atoms with Crippen molar-refractivity contribution in [1.29, 1.82) is 0 Å². The molecular weight excluding hydrogens is 1080 g/mol. The molecule has 0 bridgehead atoms. The van der Waals surface area contributed by atoms with E-state index in [-0.39, 0.29) is 38.6 Å². The highest BCUT2D eigenvalue weighted by Crippen LogP contribution is 2.18. The molecule has 2 unspecified atom stereocenters. The van der Waals surface area contributed by atoms with Crippen LogP contribution in [0.1, 0.15) is 335 Å². The zero-order chi connectivity index (χ0) is 63.3. The van der Waals surface area contributed by atoms with Crippen LogP contribution in [0.25, 0.3) is 0 Å². The first-order valence-corrected chi connectivity index (χ1v) is 36.8. The summed E-state index contributed by atoms with van der Waals surface area (Å²) < 4.78 is 23.0. The summed E-state index contributed by atoms with van der Waals surface area (Å²) in [6, 6.07) is 0. The van der Waals surface area contributed by atoms with Crippen LogP contribution in [0.4, 0.5) is 0 Å². The molecule has 0 amide bonds. The Morgan fingerprint density at radius 1 is 0.356 bits per heavy atom. The highest BCUT2D eigenvalue weighted by atomic mass is 16.7. The van der Waals surface area contributed by atoms with Gasteiger partial charge in [-0.05, 0) is 89.9 Å². The number of carbonyl (C=O) groups is 3. The molecule has 0 rings (SSSR count). The summed E-state index contributed by atoms with van der Waals surface area (Å²) >= 11 is 0. The summed E-state index contributed by atoms with van der Waals surface area (Å²) in [7, 11) is 5.98. The van der Waals surface area contributed by atoms with Gasteiger partial charge in [0.2, 0.25) is 0 Å². The molecule has 0 aromatic carbocycles. The molecule has 0 saturated heterocycles. The Morgan fingerprint density at radius 3 is 0.977 bits per heavy atom. The second-order valence-corrected chi connectivity index (χ2v) is 25.9. The Labute approximate surface area is 538 Å². The van der Waals surface area contributed by atoms with Crippen LogP contribution in [0.15, 0.2) is 85.1 Å². The first-order valence-electron chi connectivity index (χ1n) is 36.8. The minimum atomic E-state index is -1.52. The van der Waals surface area contributed by atoms with E-state index in [1.807, 2.05) is 21.1 Å². The number of nitrogens with zero attached hydrogens (tertiary/aromatic N) is 1. The van der Waals surface area contributed by atoms with Crippen LogP contribution < -0.4 is 0 Å². The van der Waals surface area contributed by atoms with Gasteiger partial charge in [0.1, 0.15) is 13.2 Å². The Bertz CT molecular complexity index is 1700. The van der Waals surface area contributed by atoms with Crippen molar-refractivity contribution in [2.24, 2.45) is 0 Å². The summed E-state index contributed by atoms with van der Waals surface area (Å²) in [5.41, 5.74) is 0. The maximum Gasteiger partial charge on any atom is 0.361 e. The van der Waals surface area contributed by atoms with Gasteiger partial charge in [-0.2, -0.15) is 0 Å².